The maximum absolute atomic E-state index is 12.3. The molecule has 0 aliphatic heterocycles. The van der Waals surface area contributed by atoms with Gasteiger partial charge in [0.25, 0.3) is 5.91 Å². The van der Waals surface area contributed by atoms with Gasteiger partial charge in [-0.05, 0) is 63.5 Å². The zero-order valence-electron chi connectivity index (χ0n) is 13.6. The molecule has 6 heteroatoms. The predicted molar refractivity (Wildman–Crippen MR) is 87.3 cm³/mol. The van der Waals surface area contributed by atoms with E-state index in [0.717, 1.165) is 23.3 Å². The second kappa shape index (κ2) is 6.69. The van der Waals surface area contributed by atoms with Gasteiger partial charge in [-0.3, -0.25) is 4.79 Å². The first-order valence-electron chi connectivity index (χ1n) is 7.58. The maximum Gasteiger partial charge on any atom is 0.407 e. The van der Waals surface area contributed by atoms with Crippen LogP contribution in [0.5, 0.6) is 0 Å². The Labute approximate surface area is 135 Å². The molecule has 1 heterocycles. The van der Waals surface area contributed by atoms with Crippen molar-refractivity contribution in [3.63, 3.8) is 0 Å². The van der Waals surface area contributed by atoms with Gasteiger partial charge in [-0.1, -0.05) is 0 Å². The fourth-order valence-electron chi connectivity index (χ4n) is 2.18. The highest BCUT2D eigenvalue weighted by Gasteiger charge is 2.33. The summed E-state index contributed by atoms with van der Waals surface area (Å²) in [6.07, 6.45) is 1.73. The van der Waals surface area contributed by atoms with Gasteiger partial charge >= 0.3 is 6.09 Å². The monoisotopic (exact) mass is 324 g/mol. The molecule has 1 saturated carbocycles. The number of alkyl carbamates (subject to hydrolysis) is 1. The van der Waals surface area contributed by atoms with E-state index >= 15 is 0 Å². The topological polar surface area (TPSA) is 67.4 Å². The number of rotatable bonds is 5. The summed E-state index contributed by atoms with van der Waals surface area (Å²) in [5.41, 5.74) is 0.466. The van der Waals surface area contributed by atoms with E-state index in [0.29, 0.717) is 12.5 Å². The number of hydrogen-bond donors (Lipinski definition) is 2. The third kappa shape index (κ3) is 5.02. The summed E-state index contributed by atoms with van der Waals surface area (Å²) >= 11 is 1.44. The third-order valence-corrected chi connectivity index (χ3v) is 4.46. The lowest BCUT2D eigenvalue weighted by Gasteiger charge is -2.22. The Morgan fingerprint density at radius 1 is 1.41 bits per heavy atom. The lowest BCUT2D eigenvalue weighted by molar-refractivity contribution is 0.0518. The van der Waals surface area contributed by atoms with Crippen LogP contribution in [0, 0.1) is 12.8 Å². The van der Waals surface area contributed by atoms with E-state index in [-0.39, 0.29) is 11.9 Å². The van der Waals surface area contributed by atoms with Crippen molar-refractivity contribution in [3.05, 3.63) is 21.9 Å². The first kappa shape index (κ1) is 16.8. The summed E-state index contributed by atoms with van der Waals surface area (Å²) in [6.45, 7) is 7.80. The van der Waals surface area contributed by atoms with Crippen molar-refractivity contribution in [3.8, 4) is 0 Å². The number of nitrogens with one attached hydrogen (secondary N) is 2. The number of hydrogen-bond acceptors (Lipinski definition) is 4. The van der Waals surface area contributed by atoms with E-state index in [9.17, 15) is 9.59 Å². The van der Waals surface area contributed by atoms with Crippen LogP contribution in [0.2, 0.25) is 0 Å². The van der Waals surface area contributed by atoms with Gasteiger partial charge in [-0.15, -0.1) is 11.3 Å². The highest BCUT2D eigenvalue weighted by Crippen LogP contribution is 2.32. The Morgan fingerprint density at radius 3 is 2.59 bits per heavy atom. The molecule has 0 spiro atoms. The quantitative estimate of drug-likeness (QED) is 0.874. The lowest BCUT2D eigenvalue weighted by atomic mass is 10.1. The normalized spacial score (nSPS) is 16.0. The SMILES string of the molecule is Cc1ccsc1C(=O)N[C@@H](CNC(=O)OC(C)(C)C)C1CC1. The summed E-state index contributed by atoms with van der Waals surface area (Å²) in [4.78, 5) is 24.8. The maximum atomic E-state index is 12.3. The van der Waals surface area contributed by atoms with Crippen molar-refractivity contribution in [2.75, 3.05) is 6.54 Å². The van der Waals surface area contributed by atoms with Crippen molar-refractivity contribution in [1.29, 1.82) is 0 Å². The van der Waals surface area contributed by atoms with Crippen LogP contribution in [0.15, 0.2) is 11.4 Å². The number of thiophene rings is 1. The number of aryl methyl sites for hydroxylation is 1. The van der Waals surface area contributed by atoms with E-state index < -0.39 is 11.7 Å². The smallest absolute Gasteiger partial charge is 0.407 e. The van der Waals surface area contributed by atoms with Crippen LogP contribution < -0.4 is 10.6 Å². The van der Waals surface area contributed by atoms with Crippen molar-refractivity contribution in [2.24, 2.45) is 5.92 Å². The zero-order valence-corrected chi connectivity index (χ0v) is 14.4. The molecular formula is C16H24N2O3S. The van der Waals surface area contributed by atoms with E-state index in [1.807, 2.05) is 39.1 Å². The second-order valence-electron chi connectivity index (χ2n) is 6.73. The largest absolute Gasteiger partial charge is 0.444 e. The average molecular weight is 324 g/mol. The molecule has 2 amide bonds. The number of amides is 2. The van der Waals surface area contributed by atoms with E-state index in [2.05, 4.69) is 10.6 Å². The summed E-state index contributed by atoms with van der Waals surface area (Å²) in [7, 11) is 0. The Kier molecular flexibility index (Phi) is 5.11. The molecular weight excluding hydrogens is 300 g/mol. The molecule has 0 radical (unpaired) electrons. The molecule has 1 aliphatic carbocycles. The van der Waals surface area contributed by atoms with Gasteiger partial charge in [0, 0.05) is 12.6 Å². The van der Waals surface area contributed by atoms with Crippen LogP contribution in [0.1, 0.15) is 48.8 Å². The molecule has 2 N–H and O–H groups in total. The van der Waals surface area contributed by atoms with Crippen molar-refractivity contribution in [2.45, 2.75) is 52.2 Å². The van der Waals surface area contributed by atoms with Crippen molar-refractivity contribution in [1.82, 2.24) is 10.6 Å². The fourth-order valence-corrected chi connectivity index (χ4v) is 3.01. The highest BCUT2D eigenvalue weighted by atomic mass is 32.1. The zero-order chi connectivity index (χ0) is 16.3. The van der Waals surface area contributed by atoms with Gasteiger partial charge in [0.05, 0.1) is 4.88 Å². The van der Waals surface area contributed by atoms with Gasteiger partial charge in [-0.2, -0.15) is 0 Å². The minimum absolute atomic E-state index is 0.0403. The first-order chi connectivity index (χ1) is 10.3. The summed E-state index contributed by atoms with van der Waals surface area (Å²) in [5, 5.41) is 7.71. The molecule has 1 aromatic rings. The molecule has 122 valence electrons. The van der Waals surface area contributed by atoms with Crippen LogP contribution in [0.3, 0.4) is 0 Å². The van der Waals surface area contributed by atoms with Crippen LogP contribution in [-0.4, -0.2) is 30.2 Å². The van der Waals surface area contributed by atoms with Crippen LogP contribution in [-0.2, 0) is 4.74 Å². The van der Waals surface area contributed by atoms with Gasteiger partial charge in [0.1, 0.15) is 5.60 Å². The van der Waals surface area contributed by atoms with Gasteiger partial charge < -0.3 is 15.4 Å². The molecule has 2 rings (SSSR count). The molecule has 1 fully saturated rings. The van der Waals surface area contributed by atoms with Crippen molar-refractivity contribution >= 4 is 23.3 Å². The van der Waals surface area contributed by atoms with Crippen LogP contribution >= 0.6 is 11.3 Å². The molecule has 1 atom stereocenters. The summed E-state index contributed by atoms with van der Waals surface area (Å²) in [6, 6.07) is 1.89. The van der Waals surface area contributed by atoms with Gasteiger partial charge in [-0.25, -0.2) is 4.79 Å². The molecule has 1 aromatic heterocycles. The Balaban J connectivity index is 1.87. The van der Waals surface area contributed by atoms with E-state index in [4.69, 9.17) is 4.74 Å². The molecule has 22 heavy (non-hydrogen) atoms. The molecule has 0 aromatic carbocycles. The summed E-state index contributed by atoms with van der Waals surface area (Å²) in [5.74, 6) is 0.384. The second-order valence-corrected chi connectivity index (χ2v) is 7.65. The van der Waals surface area contributed by atoms with Crippen LogP contribution in [0.25, 0.3) is 0 Å². The van der Waals surface area contributed by atoms with Crippen molar-refractivity contribution < 1.29 is 14.3 Å². The molecule has 0 unspecified atom stereocenters. The van der Waals surface area contributed by atoms with Gasteiger partial charge in [0.2, 0.25) is 0 Å². The van der Waals surface area contributed by atoms with E-state index in [1.165, 1.54) is 11.3 Å². The standard InChI is InChI=1S/C16H24N2O3S/c1-10-7-8-22-13(10)14(19)18-12(11-5-6-11)9-17-15(20)21-16(2,3)4/h7-8,11-12H,5-6,9H2,1-4H3,(H,17,20)(H,18,19)/t12-/m0/s1. The Hall–Kier alpha value is -1.56. The third-order valence-electron chi connectivity index (χ3n) is 3.44. The van der Waals surface area contributed by atoms with E-state index in [1.54, 1.807) is 0 Å². The Morgan fingerprint density at radius 2 is 2.09 bits per heavy atom. The van der Waals surface area contributed by atoms with Gasteiger partial charge in [0.15, 0.2) is 0 Å². The molecule has 0 saturated heterocycles. The summed E-state index contributed by atoms with van der Waals surface area (Å²) < 4.78 is 5.22. The molecule has 1 aliphatic rings. The predicted octanol–water partition coefficient (Wildman–Crippen LogP) is 3.09. The molecule has 0 bridgehead atoms. The first-order valence-corrected chi connectivity index (χ1v) is 8.46. The minimum atomic E-state index is -0.517. The minimum Gasteiger partial charge on any atom is -0.444 e. The molecule has 5 nitrogen and oxygen atoms in total. The average Bonchev–Trinajstić information content (AvgIpc) is 3.14. The fraction of sp³-hybridized carbons (Fsp3) is 0.625. The highest BCUT2D eigenvalue weighted by molar-refractivity contribution is 7.12. The number of carbonyl (C=O) groups is 2. The number of ether oxygens (including phenoxy) is 1. The number of carbonyl (C=O) groups excluding carboxylic acids is 2. The Bertz CT molecular complexity index is 544. The van der Waals surface area contributed by atoms with Crippen LogP contribution in [0.4, 0.5) is 4.79 Å². The lowest BCUT2D eigenvalue weighted by Crippen LogP contribution is -2.46.